The Morgan fingerprint density at radius 1 is 1.47 bits per heavy atom. The molecule has 1 aromatic heterocycles. The van der Waals surface area contributed by atoms with Gasteiger partial charge in [-0.3, -0.25) is 4.90 Å². The molecule has 0 fully saturated rings. The lowest BCUT2D eigenvalue weighted by atomic mass is 10.2. The van der Waals surface area contributed by atoms with Crippen LogP contribution in [-0.2, 0) is 13.1 Å². The molecule has 0 aromatic carbocycles. The van der Waals surface area contributed by atoms with Crippen LogP contribution >= 0.6 is 0 Å². The van der Waals surface area contributed by atoms with E-state index in [-0.39, 0.29) is 11.7 Å². The number of methoxy groups -OCH3 is 1. The zero-order chi connectivity index (χ0) is 11.0. The van der Waals surface area contributed by atoms with Gasteiger partial charge in [-0.15, -0.1) is 0 Å². The molecule has 0 amide bonds. The highest BCUT2D eigenvalue weighted by atomic mass is 16.5. The number of hydrogen-bond acceptors (Lipinski definition) is 5. The molecule has 0 radical (unpaired) electrons. The molecule has 6 heteroatoms. The zero-order valence-electron chi connectivity index (χ0n) is 8.52. The highest BCUT2D eigenvalue weighted by molar-refractivity contribution is 5.87. The summed E-state index contributed by atoms with van der Waals surface area (Å²) in [5.74, 6) is -1.04. The third-order valence-corrected chi connectivity index (χ3v) is 2.31. The Balaban J connectivity index is 2.55. The summed E-state index contributed by atoms with van der Waals surface area (Å²) in [7, 11) is 3.33. The minimum Gasteiger partial charge on any atom is -0.476 e. The summed E-state index contributed by atoms with van der Waals surface area (Å²) >= 11 is 0. The summed E-state index contributed by atoms with van der Waals surface area (Å²) in [6.07, 6.45) is 0. The maximum absolute atomic E-state index is 11.0. The Morgan fingerprint density at radius 2 is 2.20 bits per heavy atom. The van der Waals surface area contributed by atoms with Gasteiger partial charge in [0.1, 0.15) is 0 Å². The third-order valence-electron chi connectivity index (χ3n) is 2.31. The van der Waals surface area contributed by atoms with E-state index in [0.717, 1.165) is 5.69 Å². The van der Waals surface area contributed by atoms with E-state index in [4.69, 9.17) is 9.84 Å². The lowest BCUT2D eigenvalue weighted by Crippen LogP contribution is -2.10. The van der Waals surface area contributed by atoms with Gasteiger partial charge in [0.25, 0.3) is 0 Å². The van der Waals surface area contributed by atoms with Crippen LogP contribution in [0.15, 0.2) is 0 Å². The van der Waals surface area contributed by atoms with Crippen LogP contribution in [0.1, 0.15) is 21.7 Å². The summed E-state index contributed by atoms with van der Waals surface area (Å²) in [5, 5.41) is 8.99. The van der Waals surface area contributed by atoms with Crippen LogP contribution in [0.4, 0.5) is 0 Å². The Labute approximate surface area is 86.5 Å². The molecule has 0 spiro atoms. The van der Waals surface area contributed by atoms with Crippen molar-refractivity contribution >= 4 is 5.97 Å². The van der Waals surface area contributed by atoms with Crippen LogP contribution in [0, 0.1) is 0 Å². The van der Waals surface area contributed by atoms with Crippen molar-refractivity contribution in [3.8, 4) is 6.01 Å². The topological polar surface area (TPSA) is 75.5 Å². The smallest absolute Gasteiger partial charge is 0.355 e. The largest absolute Gasteiger partial charge is 0.476 e. The maximum atomic E-state index is 11.0. The van der Waals surface area contributed by atoms with E-state index in [2.05, 4.69) is 9.97 Å². The number of carbonyl (C=O) groups is 1. The van der Waals surface area contributed by atoms with Gasteiger partial charge < -0.3 is 9.84 Å². The van der Waals surface area contributed by atoms with Gasteiger partial charge in [-0.25, -0.2) is 4.79 Å². The minimum absolute atomic E-state index is 0.0428. The fraction of sp³-hybridized carbons (Fsp3) is 0.444. The number of carboxylic acids is 1. The van der Waals surface area contributed by atoms with Crippen molar-refractivity contribution in [2.45, 2.75) is 13.1 Å². The van der Waals surface area contributed by atoms with E-state index >= 15 is 0 Å². The maximum Gasteiger partial charge on any atom is 0.355 e. The first-order valence-electron chi connectivity index (χ1n) is 4.47. The molecule has 0 atom stereocenters. The highest BCUT2D eigenvalue weighted by Gasteiger charge is 2.26. The van der Waals surface area contributed by atoms with E-state index < -0.39 is 5.97 Å². The molecule has 0 saturated heterocycles. The van der Waals surface area contributed by atoms with Crippen LogP contribution < -0.4 is 4.74 Å². The SMILES string of the molecule is COc1nc2c(c(C(=O)O)n1)CN(C)C2. The predicted octanol–water partition coefficient (Wildman–Crippen LogP) is 0.129. The Hall–Kier alpha value is -1.69. The van der Waals surface area contributed by atoms with Crippen molar-refractivity contribution < 1.29 is 14.6 Å². The minimum atomic E-state index is -1.04. The van der Waals surface area contributed by atoms with Crippen molar-refractivity contribution in [3.05, 3.63) is 17.0 Å². The van der Waals surface area contributed by atoms with Crippen LogP contribution in [-0.4, -0.2) is 40.1 Å². The average Bonchev–Trinajstić information content (AvgIpc) is 2.55. The molecule has 2 heterocycles. The second kappa shape index (κ2) is 3.47. The molecule has 0 aliphatic carbocycles. The average molecular weight is 209 g/mol. The van der Waals surface area contributed by atoms with Gasteiger partial charge in [0, 0.05) is 18.7 Å². The summed E-state index contributed by atoms with van der Waals surface area (Å²) in [6.45, 7) is 1.20. The van der Waals surface area contributed by atoms with Crippen molar-refractivity contribution in [1.29, 1.82) is 0 Å². The van der Waals surface area contributed by atoms with Crippen molar-refractivity contribution in [3.63, 3.8) is 0 Å². The molecule has 1 aliphatic rings. The first kappa shape index (κ1) is 9.85. The molecule has 1 aliphatic heterocycles. The first-order chi connectivity index (χ1) is 7.11. The second-order valence-electron chi connectivity index (χ2n) is 3.46. The van der Waals surface area contributed by atoms with E-state index in [1.807, 2.05) is 11.9 Å². The molecule has 6 nitrogen and oxygen atoms in total. The number of carboxylic acid groups (broad SMARTS) is 1. The van der Waals surface area contributed by atoms with Gasteiger partial charge in [0.15, 0.2) is 5.69 Å². The van der Waals surface area contributed by atoms with Gasteiger partial charge in [-0.05, 0) is 7.05 Å². The number of aromatic carboxylic acids is 1. The van der Waals surface area contributed by atoms with Crippen molar-refractivity contribution in [2.24, 2.45) is 0 Å². The number of aromatic nitrogens is 2. The fourth-order valence-corrected chi connectivity index (χ4v) is 1.65. The number of hydrogen-bond donors (Lipinski definition) is 1. The van der Waals surface area contributed by atoms with Crippen molar-refractivity contribution in [2.75, 3.05) is 14.2 Å². The predicted molar refractivity (Wildman–Crippen MR) is 50.7 cm³/mol. The number of fused-ring (bicyclic) bond motifs is 1. The van der Waals surface area contributed by atoms with Crippen LogP contribution in [0.2, 0.25) is 0 Å². The van der Waals surface area contributed by atoms with Crippen LogP contribution in [0.5, 0.6) is 6.01 Å². The highest BCUT2D eigenvalue weighted by Crippen LogP contribution is 2.24. The van der Waals surface area contributed by atoms with E-state index in [1.54, 1.807) is 0 Å². The first-order valence-corrected chi connectivity index (χ1v) is 4.47. The molecule has 0 unspecified atom stereocenters. The number of ether oxygens (including phenoxy) is 1. The van der Waals surface area contributed by atoms with Gasteiger partial charge >= 0.3 is 12.0 Å². The van der Waals surface area contributed by atoms with Gasteiger partial charge in [-0.1, -0.05) is 0 Å². The lowest BCUT2D eigenvalue weighted by Gasteiger charge is -2.04. The summed E-state index contributed by atoms with van der Waals surface area (Å²) in [6, 6.07) is 0.112. The molecular formula is C9H11N3O3. The van der Waals surface area contributed by atoms with Gasteiger partial charge in [0.05, 0.1) is 12.8 Å². The number of rotatable bonds is 2. The summed E-state index contributed by atoms with van der Waals surface area (Å²) in [5.41, 5.74) is 1.47. The molecular weight excluding hydrogens is 198 g/mol. The molecule has 0 saturated carbocycles. The zero-order valence-corrected chi connectivity index (χ0v) is 8.52. The standard InChI is InChI=1S/C9H11N3O3/c1-12-3-5-6(4-12)10-9(15-2)11-7(5)8(13)14/h3-4H2,1-2H3,(H,13,14). The molecule has 80 valence electrons. The monoisotopic (exact) mass is 209 g/mol. The quantitative estimate of drug-likeness (QED) is 0.746. The van der Waals surface area contributed by atoms with Gasteiger partial charge in [0.2, 0.25) is 0 Å². The summed E-state index contributed by atoms with van der Waals surface area (Å²) in [4.78, 5) is 20.9. The Kier molecular flexibility index (Phi) is 2.28. The third kappa shape index (κ3) is 1.63. The molecule has 1 N–H and O–H groups in total. The summed E-state index contributed by atoms with van der Waals surface area (Å²) < 4.78 is 4.86. The van der Waals surface area contributed by atoms with Crippen molar-refractivity contribution in [1.82, 2.24) is 14.9 Å². The van der Waals surface area contributed by atoms with Crippen LogP contribution in [0.3, 0.4) is 0 Å². The second-order valence-corrected chi connectivity index (χ2v) is 3.46. The van der Waals surface area contributed by atoms with Crippen LogP contribution in [0.25, 0.3) is 0 Å². The van der Waals surface area contributed by atoms with Gasteiger partial charge in [-0.2, -0.15) is 9.97 Å². The lowest BCUT2D eigenvalue weighted by molar-refractivity contribution is 0.0687. The Bertz CT molecular complexity index is 419. The number of nitrogens with zero attached hydrogens (tertiary/aromatic N) is 3. The van der Waals surface area contributed by atoms with E-state index in [9.17, 15) is 4.79 Å². The molecule has 15 heavy (non-hydrogen) atoms. The molecule has 2 rings (SSSR count). The molecule has 0 bridgehead atoms. The van der Waals surface area contributed by atoms with E-state index in [1.165, 1.54) is 7.11 Å². The normalized spacial score (nSPS) is 15.1. The Morgan fingerprint density at radius 3 is 2.80 bits per heavy atom. The fourth-order valence-electron chi connectivity index (χ4n) is 1.65. The van der Waals surface area contributed by atoms with E-state index in [0.29, 0.717) is 18.7 Å². The molecule has 1 aromatic rings.